The molecule has 0 aromatic carbocycles. The van der Waals surface area contributed by atoms with Crippen molar-refractivity contribution in [1.29, 1.82) is 0 Å². The van der Waals surface area contributed by atoms with Gasteiger partial charge in [0.2, 0.25) is 6.33 Å². The molecule has 0 aliphatic rings. The fourth-order valence-electron chi connectivity index (χ4n) is 2.85. The van der Waals surface area contributed by atoms with E-state index in [1.54, 1.807) is 0 Å². The third-order valence-electron chi connectivity index (χ3n) is 4.24. The first-order valence-corrected chi connectivity index (χ1v) is 8.73. The molecule has 0 unspecified atom stereocenters. The number of unbranched alkanes of at least 4 members (excludes halogenated alkanes) is 6. The first-order chi connectivity index (χ1) is 9.72. The smallest absolute Gasteiger partial charge is 0.243 e. The Kier molecular flexibility index (Phi) is 13.2. The molecule has 0 saturated carbocycles. The quantitative estimate of drug-likeness (QED) is 0.398. The minimum absolute atomic E-state index is 0. The van der Waals surface area contributed by atoms with Crippen molar-refractivity contribution in [2.24, 2.45) is 13.0 Å². The van der Waals surface area contributed by atoms with Gasteiger partial charge >= 0.3 is 0 Å². The van der Waals surface area contributed by atoms with Crippen molar-refractivity contribution in [3.05, 3.63) is 18.7 Å². The monoisotopic (exact) mass is 358 g/mol. The van der Waals surface area contributed by atoms with Crippen LogP contribution in [0.3, 0.4) is 0 Å². The van der Waals surface area contributed by atoms with Gasteiger partial charge in [0.1, 0.15) is 12.4 Å². The molecule has 0 spiro atoms. The highest BCUT2D eigenvalue weighted by atomic mass is 79.9. The van der Waals surface area contributed by atoms with Crippen LogP contribution in [-0.2, 0) is 13.6 Å². The molecule has 2 nitrogen and oxygen atoms in total. The Bertz CT molecular complexity index is 336. The second kappa shape index (κ2) is 13.4. The summed E-state index contributed by atoms with van der Waals surface area (Å²) in [6.45, 7) is 5.88. The standard InChI is InChI=1S/C18H35N2.BrH/c1-4-5-6-7-8-9-10-12-18(2)13-11-14-20-16-15-19(3)17-20;/h15-18H,4-14H2,1-3H3;1H/q+1;/p-1/t18-;/m0./s1. The van der Waals surface area contributed by atoms with Gasteiger partial charge in [-0.25, -0.2) is 9.13 Å². The van der Waals surface area contributed by atoms with Crippen molar-refractivity contribution in [1.82, 2.24) is 4.57 Å². The molecule has 21 heavy (non-hydrogen) atoms. The van der Waals surface area contributed by atoms with E-state index in [-0.39, 0.29) is 17.0 Å². The Morgan fingerprint density at radius 3 is 2.19 bits per heavy atom. The lowest BCUT2D eigenvalue weighted by molar-refractivity contribution is -0.671. The van der Waals surface area contributed by atoms with E-state index in [9.17, 15) is 0 Å². The molecule has 0 fully saturated rings. The number of aromatic nitrogens is 2. The third-order valence-corrected chi connectivity index (χ3v) is 4.24. The Morgan fingerprint density at radius 1 is 0.952 bits per heavy atom. The van der Waals surface area contributed by atoms with Gasteiger partial charge in [0.25, 0.3) is 0 Å². The summed E-state index contributed by atoms with van der Waals surface area (Å²) in [7, 11) is 2.08. The Balaban J connectivity index is 0.00000400. The van der Waals surface area contributed by atoms with Gasteiger partial charge < -0.3 is 17.0 Å². The first kappa shape index (κ1) is 20.7. The van der Waals surface area contributed by atoms with E-state index in [2.05, 4.69) is 48.8 Å². The highest BCUT2D eigenvalue weighted by Crippen LogP contribution is 2.16. The molecule has 1 aromatic rings. The number of imidazole rings is 1. The zero-order valence-electron chi connectivity index (χ0n) is 14.4. The Labute approximate surface area is 142 Å². The fourth-order valence-corrected chi connectivity index (χ4v) is 2.85. The van der Waals surface area contributed by atoms with Crippen LogP contribution < -0.4 is 21.5 Å². The largest absolute Gasteiger partial charge is 1.00 e. The summed E-state index contributed by atoms with van der Waals surface area (Å²) in [5.74, 6) is 0.898. The first-order valence-electron chi connectivity index (χ1n) is 8.73. The molecule has 0 saturated heterocycles. The maximum atomic E-state index is 2.42. The summed E-state index contributed by atoms with van der Waals surface area (Å²) in [4.78, 5) is 0. The number of nitrogens with zero attached hydrogens (tertiary/aromatic N) is 2. The molecule has 1 heterocycles. The van der Waals surface area contributed by atoms with Gasteiger partial charge in [0.05, 0.1) is 13.6 Å². The molecule has 0 N–H and O–H groups in total. The molecule has 124 valence electrons. The van der Waals surface area contributed by atoms with Crippen molar-refractivity contribution in [2.75, 3.05) is 0 Å². The summed E-state index contributed by atoms with van der Waals surface area (Å²) in [5.41, 5.74) is 0. The van der Waals surface area contributed by atoms with Crippen LogP contribution in [0.2, 0.25) is 0 Å². The second-order valence-corrected chi connectivity index (χ2v) is 6.47. The maximum Gasteiger partial charge on any atom is 0.243 e. The van der Waals surface area contributed by atoms with Gasteiger partial charge in [0.15, 0.2) is 0 Å². The summed E-state index contributed by atoms with van der Waals surface area (Å²) in [6.07, 6.45) is 20.6. The number of halogens is 1. The van der Waals surface area contributed by atoms with Crippen LogP contribution in [0.25, 0.3) is 0 Å². The number of rotatable bonds is 12. The third kappa shape index (κ3) is 11.0. The Hall–Kier alpha value is -0.310. The SMILES string of the molecule is CCCCCCCCC[C@H](C)CCCn1cc[n+](C)c1.[Br-]. The predicted octanol–water partition coefficient (Wildman–Crippen LogP) is 1.87. The van der Waals surface area contributed by atoms with E-state index in [0.717, 1.165) is 5.92 Å². The molecule has 1 aromatic heterocycles. The van der Waals surface area contributed by atoms with Crippen LogP contribution in [0.15, 0.2) is 18.7 Å². The van der Waals surface area contributed by atoms with Gasteiger partial charge in [-0.1, -0.05) is 65.2 Å². The molecule has 0 bridgehead atoms. The number of hydrogen-bond acceptors (Lipinski definition) is 0. The van der Waals surface area contributed by atoms with Crippen molar-refractivity contribution in [3.8, 4) is 0 Å². The van der Waals surface area contributed by atoms with E-state index in [1.165, 1.54) is 70.8 Å². The molecule has 1 atom stereocenters. The van der Waals surface area contributed by atoms with Crippen LogP contribution in [0, 0.1) is 5.92 Å². The van der Waals surface area contributed by atoms with Gasteiger partial charge in [0, 0.05) is 0 Å². The second-order valence-electron chi connectivity index (χ2n) is 6.47. The average Bonchev–Trinajstić information content (AvgIpc) is 2.83. The Morgan fingerprint density at radius 2 is 1.57 bits per heavy atom. The molecule has 0 radical (unpaired) electrons. The zero-order valence-corrected chi connectivity index (χ0v) is 15.9. The molecule has 1 rings (SSSR count). The molecule has 3 heteroatoms. The lowest BCUT2D eigenvalue weighted by Gasteiger charge is -2.10. The molecular weight excluding hydrogens is 324 g/mol. The predicted molar refractivity (Wildman–Crippen MR) is 86.6 cm³/mol. The van der Waals surface area contributed by atoms with E-state index >= 15 is 0 Å². The van der Waals surface area contributed by atoms with Crippen LogP contribution in [0.5, 0.6) is 0 Å². The normalized spacial score (nSPS) is 12.1. The van der Waals surface area contributed by atoms with Crippen LogP contribution in [-0.4, -0.2) is 4.57 Å². The molecule has 0 amide bonds. The lowest BCUT2D eigenvalue weighted by Crippen LogP contribution is -3.00. The summed E-state index contributed by atoms with van der Waals surface area (Å²) in [5, 5.41) is 0. The minimum atomic E-state index is 0. The fraction of sp³-hybridized carbons (Fsp3) is 0.833. The van der Waals surface area contributed by atoms with Gasteiger partial charge in [-0.05, 0) is 18.8 Å². The molecule has 0 aliphatic heterocycles. The summed E-state index contributed by atoms with van der Waals surface area (Å²) >= 11 is 0. The van der Waals surface area contributed by atoms with E-state index in [4.69, 9.17) is 0 Å². The highest BCUT2D eigenvalue weighted by molar-refractivity contribution is 4.66. The van der Waals surface area contributed by atoms with Gasteiger partial charge in [-0.15, -0.1) is 0 Å². The van der Waals surface area contributed by atoms with Crippen molar-refractivity contribution >= 4 is 0 Å². The molecule has 0 aliphatic carbocycles. The minimum Gasteiger partial charge on any atom is -1.00 e. The van der Waals surface area contributed by atoms with Crippen molar-refractivity contribution in [3.63, 3.8) is 0 Å². The highest BCUT2D eigenvalue weighted by Gasteiger charge is 2.04. The average molecular weight is 359 g/mol. The van der Waals surface area contributed by atoms with Crippen LogP contribution in [0.4, 0.5) is 0 Å². The van der Waals surface area contributed by atoms with Crippen molar-refractivity contribution in [2.45, 2.75) is 84.6 Å². The number of aryl methyl sites for hydroxylation is 2. The van der Waals surface area contributed by atoms with E-state index in [0.29, 0.717) is 0 Å². The van der Waals surface area contributed by atoms with Crippen LogP contribution >= 0.6 is 0 Å². The number of hydrogen-bond donors (Lipinski definition) is 0. The van der Waals surface area contributed by atoms with Gasteiger partial charge in [-0.3, -0.25) is 0 Å². The maximum absolute atomic E-state index is 2.42. The topological polar surface area (TPSA) is 8.81 Å². The van der Waals surface area contributed by atoms with E-state index in [1.807, 2.05) is 0 Å². The zero-order chi connectivity index (χ0) is 14.6. The summed E-state index contributed by atoms with van der Waals surface area (Å²) in [6, 6.07) is 0. The van der Waals surface area contributed by atoms with E-state index < -0.39 is 0 Å². The lowest BCUT2D eigenvalue weighted by atomic mass is 9.97. The van der Waals surface area contributed by atoms with Crippen molar-refractivity contribution < 1.29 is 21.5 Å². The van der Waals surface area contributed by atoms with Crippen LogP contribution in [0.1, 0.15) is 78.1 Å². The molecular formula is C18H35BrN2. The van der Waals surface area contributed by atoms with Gasteiger partial charge in [-0.2, -0.15) is 0 Å². The summed E-state index contributed by atoms with van der Waals surface area (Å²) < 4.78 is 4.41.